The SMILES string of the molecule is CSCCNc1nc(SCCC(F)(F)F)nc2c1ncn2[C@@H]1O[C@H](COP2(=O)OP(=O)(O)C(Cl)(Cl)P(=O)(O)O2)C(O)C1O. The number of nitrogens with one attached hydrogen (secondary N) is 1. The number of phosphoric acid groups is 1. The molecule has 0 radical (unpaired) electrons. The van der Waals surface area contributed by atoms with Gasteiger partial charge in [0, 0.05) is 18.1 Å². The van der Waals surface area contributed by atoms with E-state index in [1.807, 2.05) is 6.26 Å². The molecule has 2 aliphatic rings. The summed E-state index contributed by atoms with van der Waals surface area (Å²) in [5, 5.41) is 24.3. The van der Waals surface area contributed by atoms with Crippen LogP contribution in [0.25, 0.3) is 11.2 Å². The minimum absolute atomic E-state index is 0.0173. The minimum Gasteiger partial charge on any atom is -0.387 e. The maximum absolute atomic E-state index is 12.8. The number of imidazole rings is 1. The summed E-state index contributed by atoms with van der Waals surface area (Å²) >= 11 is 13.1. The van der Waals surface area contributed by atoms with Gasteiger partial charge in [0.1, 0.15) is 18.3 Å². The van der Waals surface area contributed by atoms with Gasteiger partial charge >= 0.3 is 33.0 Å². The average molecular weight is 758 g/mol. The highest BCUT2D eigenvalue weighted by Gasteiger charge is 2.70. The Morgan fingerprint density at radius 1 is 1.14 bits per heavy atom. The summed E-state index contributed by atoms with van der Waals surface area (Å²) in [4.78, 5) is 32.4. The third-order valence-corrected chi connectivity index (χ3v) is 16.5. The summed E-state index contributed by atoms with van der Waals surface area (Å²) in [6.07, 6.45) is -8.96. The van der Waals surface area contributed by atoms with Crippen LogP contribution in [0.1, 0.15) is 12.6 Å². The van der Waals surface area contributed by atoms with Gasteiger partial charge in [0.25, 0.3) is 0 Å². The molecule has 0 bridgehead atoms. The predicted molar refractivity (Wildman–Crippen MR) is 149 cm³/mol. The predicted octanol–water partition coefficient (Wildman–Crippen LogP) is 3.90. The summed E-state index contributed by atoms with van der Waals surface area (Å²) < 4.78 is 92.2. The number of anilines is 1. The first-order valence-electron chi connectivity index (χ1n) is 11.7. The molecular weight excluding hydrogens is 735 g/mol. The maximum atomic E-state index is 12.8. The number of ether oxygens (including phenoxy) is 1. The number of rotatable bonds is 11. The van der Waals surface area contributed by atoms with Gasteiger partial charge in [-0.15, -0.1) is 0 Å². The van der Waals surface area contributed by atoms with Gasteiger partial charge in [-0.2, -0.15) is 24.9 Å². The third-order valence-electron chi connectivity index (χ3n) is 5.73. The first-order chi connectivity index (χ1) is 19.8. The van der Waals surface area contributed by atoms with Crippen molar-refractivity contribution in [3.8, 4) is 0 Å². The van der Waals surface area contributed by atoms with Crippen LogP contribution in [0, 0.1) is 0 Å². The molecule has 2 aliphatic heterocycles. The van der Waals surface area contributed by atoms with Gasteiger partial charge in [0.15, 0.2) is 28.4 Å². The van der Waals surface area contributed by atoms with Crippen molar-refractivity contribution >= 4 is 86.7 Å². The van der Waals surface area contributed by atoms with Gasteiger partial charge in [0.05, 0.1) is 19.4 Å². The van der Waals surface area contributed by atoms with E-state index in [9.17, 15) is 46.9 Å². The Hall–Kier alpha value is -0.210. The number of aromatic nitrogens is 4. The zero-order valence-corrected chi connectivity index (χ0v) is 27.2. The molecule has 0 aliphatic carbocycles. The summed E-state index contributed by atoms with van der Waals surface area (Å²) in [5.74, 6) is 0.475. The molecule has 0 aromatic carbocycles. The van der Waals surface area contributed by atoms with Crippen molar-refractivity contribution in [3.63, 3.8) is 0 Å². The van der Waals surface area contributed by atoms with Crippen LogP contribution in [-0.4, -0.2) is 98.7 Å². The molecule has 6 atom stereocenters. The molecule has 26 heteroatoms. The monoisotopic (exact) mass is 757 g/mol. The van der Waals surface area contributed by atoms with Gasteiger partial charge in [-0.25, -0.2) is 28.1 Å². The second-order valence-electron chi connectivity index (χ2n) is 8.81. The molecule has 4 unspecified atom stereocenters. The molecule has 4 rings (SSSR count). The number of nitrogens with zero attached hydrogens (tertiary/aromatic N) is 4. The number of aliphatic hydroxyl groups is 2. The first-order valence-corrected chi connectivity index (χ1v) is 19.5. The summed E-state index contributed by atoms with van der Waals surface area (Å²) in [6, 6.07) is 0. The molecule has 2 aromatic rings. The molecule has 5 N–H and O–H groups in total. The molecule has 2 fully saturated rings. The van der Waals surface area contributed by atoms with E-state index in [1.165, 1.54) is 22.7 Å². The largest absolute Gasteiger partial charge is 0.489 e. The van der Waals surface area contributed by atoms with E-state index >= 15 is 0 Å². The highest BCUT2D eigenvalue weighted by Crippen LogP contribution is 2.90. The van der Waals surface area contributed by atoms with E-state index in [2.05, 4.69) is 28.9 Å². The molecule has 4 heterocycles. The molecule has 0 saturated carbocycles. The molecular formula is C17H23Cl2F3N5O11P3S2. The van der Waals surface area contributed by atoms with Crippen molar-refractivity contribution in [2.24, 2.45) is 0 Å². The molecule has 0 spiro atoms. The molecule has 0 amide bonds. The highest BCUT2D eigenvalue weighted by atomic mass is 35.5. The number of alkyl halides is 5. The Kier molecular flexibility index (Phi) is 10.9. The zero-order chi connectivity index (χ0) is 32.0. The van der Waals surface area contributed by atoms with Crippen LogP contribution >= 0.6 is 69.7 Å². The fourth-order valence-corrected chi connectivity index (χ4v) is 11.9. The second kappa shape index (κ2) is 13.1. The lowest BCUT2D eigenvalue weighted by Gasteiger charge is -2.35. The first kappa shape index (κ1) is 35.6. The van der Waals surface area contributed by atoms with Crippen molar-refractivity contribution in [2.45, 2.75) is 46.1 Å². The molecule has 2 aromatic heterocycles. The van der Waals surface area contributed by atoms with Crippen LogP contribution in [0.2, 0.25) is 0 Å². The molecule has 2 saturated heterocycles. The van der Waals surface area contributed by atoms with Crippen LogP contribution in [0.4, 0.5) is 19.0 Å². The van der Waals surface area contributed by atoms with Gasteiger partial charge < -0.3 is 30.1 Å². The Morgan fingerprint density at radius 2 is 1.79 bits per heavy atom. The van der Waals surface area contributed by atoms with Crippen molar-refractivity contribution in [3.05, 3.63) is 6.33 Å². The summed E-state index contributed by atoms with van der Waals surface area (Å²) in [6.45, 7) is -0.557. The van der Waals surface area contributed by atoms with Crippen molar-refractivity contribution < 1.29 is 64.7 Å². The number of hydrogen-bond donors (Lipinski definition) is 5. The number of thioether (sulfide) groups is 2. The standard InChI is InChI=1S/C17H23Cl2F3N5O11P3S2/c1-42-5-3-23-12-9-13(26-15(25-12)43-4-2-16(20,21)22)27(7-24-9)14-11(29)10(28)8(36-14)6-35-41(34)37-39(30,31)17(18,19)40(32,33)38-41/h7-8,10-11,14,28-29H,2-6H2,1H3,(H,30,31)(H,32,33)(H,23,25,26)/t8-,10?,11?,14-/m1/s1. The molecule has 43 heavy (non-hydrogen) atoms. The maximum Gasteiger partial charge on any atom is 0.489 e. The van der Waals surface area contributed by atoms with Crippen LogP contribution in [0.15, 0.2) is 11.5 Å². The van der Waals surface area contributed by atoms with Crippen molar-refractivity contribution in [2.75, 3.05) is 36.2 Å². The Balaban J connectivity index is 1.56. The minimum atomic E-state index is -5.48. The lowest BCUT2D eigenvalue weighted by molar-refractivity contribution is -0.129. The lowest BCUT2D eigenvalue weighted by Crippen LogP contribution is -2.34. The fourth-order valence-electron chi connectivity index (χ4n) is 3.65. The second-order valence-corrected chi connectivity index (χ2v) is 19.5. The molecule has 244 valence electrons. The number of hydrogen-bond acceptors (Lipinski definition) is 15. The van der Waals surface area contributed by atoms with Gasteiger partial charge in [-0.1, -0.05) is 35.0 Å². The van der Waals surface area contributed by atoms with Crippen LogP contribution in [0.5, 0.6) is 0 Å². The lowest BCUT2D eigenvalue weighted by atomic mass is 10.1. The van der Waals surface area contributed by atoms with E-state index in [1.54, 1.807) is 0 Å². The van der Waals surface area contributed by atoms with Crippen LogP contribution < -0.4 is 5.32 Å². The normalized spacial score (nSPS) is 34.6. The van der Waals surface area contributed by atoms with Gasteiger partial charge in [-0.05, 0) is 6.26 Å². The van der Waals surface area contributed by atoms with E-state index in [0.29, 0.717) is 12.3 Å². The van der Waals surface area contributed by atoms with E-state index < -0.39 is 70.6 Å². The topological polar surface area (TPSA) is 225 Å². The highest BCUT2D eigenvalue weighted by molar-refractivity contribution is 7.99. The van der Waals surface area contributed by atoms with Crippen molar-refractivity contribution in [1.82, 2.24) is 19.5 Å². The third kappa shape index (κ3) is 7.68. The number of fused-ring (bicyclic) bond motifs is 1. The van der Waals surface area contributed by atoms with Crippen LogP contribution in [-0.2, 0) is 31.6 Å². The van der Waals surface area contributed by atoms with Gasteiger partial charge in [0.2, 0.25) is 0 Å². The van der Waals surface area contributed by atoms with Crippen molar-refractivity contribution in [1.29, 1.82) is 0 Å². The fraction of sp³-hybridized carbons (Fsp3) is 0.706. The zero-order valence-electron chi connectivity index (χ0n) is 21.4. The van der Waals surface area contributed by atoms with E-state index in [-0.39, 0.29) is 27.9 Å². The van der Waals surface area contributed by atoms with E-state index in [0.717, 1.165) is 11.8 Å². The Morgan fingerprint density at radius 3 is 2.40 bits per heavy atom. The number of halogens is 5. The van der Waals surface area contributed by atoms with Crippen LogP contribution in [0.3, 0.4) is 0 Å². The quantitative estimate of drug-likeness (QED) is 0.0720. The van der Waals surface area contributed by atoms with E-state index in [4.69, 9.17) is 32.5 Å². The summed E-state index contributed by atoms with van der Waals surface area (Å²) in [5.41, 5.74) is 0.187. The summed E-state index contributed by atoms with van der Waals surface area (Å²) in [7, 11) is -16.3. The van der Waals surface area contributed by atoms with Gasteiger partial charge in [-0.3, -0.25) is 18.2 Å². The number of aliphatic hydroxyl groups excluding tert-OH is 2. The average Bonchev–Trinajstić information content (AvgIpc) is 3.41. The smallest absolute Gasteiger partial charge is 0.387 e. The Bertz CT molecular complexity index is 1460. The molecule has 16 nitrogen and oxygen atoms in total. The Labute approximate surface area is 259 Å².